The summed E-state index contributed by atoms with van der Waals surface area (Å²) in [5.41, 5.74) is 7.13. The summed E-state index contributed by atoms with van der Waals surface area (Å²) in [6.45, 7) is 8.08. The third-order valence-corrected chi connectivity index (χ3v) is 7.29. The fourth-order valence-corrected chi connectivity index (χ4v) is 5.36. The van der Waals surface area contributed by atoms with E-state index in [1.807, 2.05) is 51.1 Å². The van der Waals surface area contributed by atoms with E-state index in [2.05, 4.69) is 16.4 Å². The zero-order valence-corrected chi connectivity index (χ0v) is 24.9. The Morgan fingerprint density at radius 2 is 1.95 bits per heavy atom. The molecule has 1 fully saturated rings. The number of ether oxygens (including phenoxy) is 3. The van der Waals surface area contributed by atoms with Gasteiger partial charge in [0.1, 0.15) is 29.5 Å². The molecule has 2 unspecified atom stereocenters. The van der Waals surface area contributed by atoms with Crippen LogP contribution in [0.5, 0.6) is 11.5 Å². The van der Waals surface area contributed by atoms with Gasteiger partial charge in [-0.1, -0.05) is 18.2 Å². The maximum absolute atomic E-state index is 12.9. The summed E-state index contributed by atoms with van der Waals surface area (Å²) in [6.07, 6.45) is 3.12. The summed E-state index contributed by atoms with van der Waals surface area (Å²) in [7, 11) is 1.61. The van der Waals surface area contributed by atoms with E-state index in [4.69, 9.17) is 19.9 Å². The summed E-state index contributed by atoms with van der Waals surface area (Å²) < 4.78 is 17.1. The molecule has 2 aliphatic rings. The molecule has 0 aromatic heterocycles. The summed E-state index contributed by atoms with van der Waals surface area (Å²) in [6, 6.07) is 15.4. The van der Waals surface area contributed by atoms with Crippen LogP contribution in [-0.4, -0.2) is 48.5 Å². The van der Waals surface area contributed by atoms with Gasteiger partial charge in [-0.15, -0.1) is 0 Å². The Morgan fingerprint density at radius 1 is 1.21 bits per heavy atom. The average molecular weight is 574 g/mol. The number of aliphatic imine (C=N–C) groups is 1. The van der Waals surface area contributed by atoms with Gasteiger partial charge in [0.05, 0.1) is 35.5 Å². The number of likely N-dealkylation sites (tertiary alicyclic amines) is 1. The predicted octanol–water partition coefficient (Wildman–Crippen LogP) is 5.49. The predicted molar refractivity (Wildman–Crippen MR) is 161 cm³/mol. The highest BCUT2D eigenvalue weighted by Crippen LogP contribution is 2.46. The Labute approximate surface area is 247 Å². The number of nitrogens with two attached hydrogens (primary N) is 1. The normalized spacial score (nSPS) is 20.5. The number of allylic oxidation sites excluding steroid dienone is 1. The lowest BCUT2D eigenvalue weighted by Gasteiger charge is -2.41. The lowest BCUT2D eigenvalue weighted by Crippen LogP contribution is -2.48. The van der Waals surface area contributed by atoms with Crippen LogP contribution in [0.1, 0.15) is 58.1 Å². The monoisotopic (exact) mass is 573 g/mol. The molecule has 2 aliphatic heterocycles. The number of carbonyl (C=O) groups excluding carboxylic acids is 2. The largest absolute Gasteiger partial charge is 0.497 e. The number of nitriles is 1. The van der Waals surface area contributed by atoms with Crippen molar-refractivity contribution in [2.24, 2.45) is 22.1 Å². The van der Waals surface area contributed by atoms with Crippen molar-refractivity contribution in [1.29, 1.82) is 5.26 Å². The number of amides is 2. The number of piperidine rings is 1. The number of methoxy groups -OCH3 is 1. The molecule has 2 aromatic carbocycles. The number of benzene rings is 2. The number of anilines is 1. The van der Waals surface area contributed by atoms with Gasteiger partial charge in [-0.3, -0.25) is 4.79 Å². The topological polar surface area (TPSA) is 139 Å². The van der Waals surface area contributed by atoms with E-state index < -0.39 is 17.1 Å². The minimum atomic E-state index is -1.03. The second-order valence-corrected chi connectivity index (χ2v) is 11.7. The molecule has 0 bridgehead atoms. The van der Waals surface area contributed by atoms with Crippen molar-refractivity contribution in [3.8, 4) is 17.6 Å². The number of nitrogens with zero attached hydrogens (tertiary/aromatic N) is 3. The SMILES string of the molecule is COc1ccc(COc2cccc(NC(C)=O)c2C2=CC(C#N)(C3CCCN(C(=O)OC(C)(C)C)C3)CC(N)=N2)cc1. The van der Waals surface area contributed by atoms with Crippen molar-refractivity contribution in [1.82, 2.24) is 4.90 Å². The molecule has 2 heterocycles. The van der Waals surface area contributed by atoms with Crippen LogP contribution in [0.15, 0.2) is 53.5 Å². The Hall–Kier alpha value is -4.52. The molecule has 0 spiro atoms. The molecule has 3 N–H and O–H groups in total. The fraction of sp³-hybridized carbons (Fsp3) is 0.438. The second kappa shape index (κ2) is 12.6. The lowest BCUT2D eigenvalue weighted by atomic mass is 9.68. The first-order chi connectivity index (χ1) is 19.9. The van der Waals surface area contributed by atoms with Crippen LogP contribution in [0.25, 0.3) is 5.70 Å². The minimum Gasteiger partial charge on any atom is -0.497 e. The van der Waals surface area contributed by atoms with Crippen molar-refractivity contribution in [3.05, 3.63) is 59.7 Å². The standard InChI is InChI=1S/C32H39N5O5/c1-21(38)35-25-9-6-10-27(41-19-22-11-13-24(40-5)14-12-22)29(25)26-16-32(20-33,17-28(34)36-26)23-8-7-15-37(18-23)30(39)42-31(2,3)4/h6,9-14,16,23H,7-8,15,17-19H2,1-5H3,(H2,34,36)(H,35,38). The van der Waals surface area contributed by atoms with E-state index in [1.54, 1.807) is 30.2 Å². The van der Waals surface area contributed by atoms with Crippen molar-refractivity contribution < 1.29 is 23.8 Å². The van der Waals surface area contributed by atoms with Gasteiger partial charge in [-0.05, 0) is 75.4 Å². The Bertz CT molecular complexity index is 1420. The molecule has 10 heteroatoms. The molecule has 222 valence electrons. The summed E-state index contributed by atoms with van der Waals surface area (Å²) in [5.74, 6) is 1.05. The highest BCUT2D eigenvalue weighted by Gasteiger charge is 2.44. The van der Waals surface area contributed by atoms with Gasteiger partial charge < -0.3 is 30.2 Å². The van der Waals surface area contributed by atoms with E-state index in [1.165, 1.54) is 6.92 Å². The lowest BCUT2D eigenvalue weighted by molar-refractivity contribution is -0.114. The Balaban J connectivity index is 1.71. The number of carbonyl (C=O) groups is 2. The van der Waals surface area contributed by atoms with Crippen LogP contribution in [0.3, 0.4) is 0 Å². The zero-order chi connectivity index (χ0) is 30.5. The van der Waals surface area contributed by atoms with Gasteiger partial charge in [-0.2, -0.15) is 5.26 Å². The minimum absolute atomic E-state index is 0.204. The average Bonchev–Trinajstić information content (AvgIpc) is 2.95. The van der Waals surface area contributed by atoms with Crippen molar-refractivity contribution in [2.45, 2.75) is 59.2 Å². The van der Waals surface area contributed by atoms with Crippen LogP contribution in [0, 0.1) is 22.7 Å². The number of hydrogen-bond acceptors (Lipinski definition) is 8. The summed E-state index contributed by atoms with van der Waals surface area (Å²) >= 11 is 0. The van der Waals surface area contributed by atoms with Crippen LogP contribution in [0.2, 0.25) is 0 Å². The molecule has 42 heavy (non-hydrogen) atoms. The molecule has 2 aromatic rings. The maximum atomic E-state index is 12.9. The molecule has 2 amide bonds. The van der Waals surface area contributed by atoms with Crippen LogP contribution in [-0.2, 0) is 16.1 Å². The number of amidine groups is 1. The molecular weight excluding hydrogens is 534 g/mol. The second-order valence-electron chi connectivity index (χ2n) is 11.7. The summed E-state index contributed by atoms with van der Waals surface area (Å²) in [4.78, 5) is 31.4. The van der Waals surface area contributed by atoms with Crippen molar-refractivity contribution >= 4 is 29.2 Å². The van der Waals surface area contributed by atoms with E-state index in [0.717, 1.165) is 24.2 Å². The highest BCUT2D eigenvalue weighted by atomic mass is 16.6. The van der Waals surface area contributed by atoms with E-state index in [-0.39, 0.29) is 24.9 Å². The maximum Gasteiger partial charge on any atom is 0.410 e. The van der Waals surface area contributed by atoms with E-state index in [9.17, 15) is 14.9 Å². The van der Waals surface area contributed by atoms with Gasteiger partial charge in [0.15, 0.2) is 0 Å². The molecule has 4 rings (SSSR count). The molecule has 0 radical (unpaired) electrons. The molecular formula is C32H39N5O5. The fourth-order valence-electron chi connectivity index (χ4n) is 5.36. The Kier molecular flexibility index (Phi) is 9.10. The molecule has 1 saturated heterocycles. The van der Waals surface area contributed by atoms with Crippen LogP contribution in [0.4, 0.5) is 10.5 Å². The quantitative estimate of drug-likeness (QED) is 0.446. The number of rotatable bonds is 7. The highest BCUT2D eigenvalue weighted by molar-refractivity contribution is 5.97. The first-order valence-electron chi connectivity index (χ1n) is 14.0. The number of hydrogen-bond donors (Lipinski definition) is 2. The van der Waals surface area contributed by atoms with Crippen molar-refractivity contribution in [2.75, 3.05) is 25.5 Å². The molecule has 0 aliphatic carbocycles. The van der Waals surface area contributed by atoms with Crippen molar-refractivity contribution in [3.63, 3.8) is 0 Å². The first kappa shape index (κ1) is 30.4. The third kappa shape index (κ3) is 7.21. The summed E-state index contributed by atoms with van der Waals surface area (Å²) in [5, 5.41) is 13.5. The first-order valence-corrected chi connectivity index (χ1v) is 14.0. The zero-order valence-electron chi connectivity index (χ0n) is 24.9. The van der Waals surface area contributed by atoms with E-state index >= 15 is 0 Å². The van der Waals surface area contributed by atoms with Gasteiger partial charge in [0, 0.05) is 26.4 Å². The van der Waals surface area contributed by atoms with Gasteiger partial charge >= 0.3 is 6.09 Å². The molecule has 0 saturated carbocycles. The third-order valence-electron chi connectivity index (χ3n) is 7.29. The van der Waals surface area contributed by atoms with Gasteiger partial charge in [0.25, 0.3) is 0 Å². The molecule has 10 nitrogen and oxygen atoms in total. The van der Waals surface area contributed by atoms with E-state index in [0.29, 0.717) is 41.6 Å². The van der Waals surface area contributed by atoms with Gasteiger partial charge in [0.2, 0.25) is 5.91 Å². The van der Waals surface area contributed by atoms with Gasteiger partial charge in [-0.25, -0.2) is 9.79 Å². The smallest absolute Gasteiger partial charge is 0.410 e. The molecule has 2 atom stereocenters. The van der Waals surface area contributed by atoms with Crippen LogP contribution >= 0.6 is 0 Å². The number of nitrogens with one attached hydrogen (secondary N) is 1. The Morgan fingerprint density at radius 3 is 2.60 bits per heavy atom. The van der Waals surface area contributed by atoms with Crippen LogP contribution < -0.4 is 20.5 Å².